The van der Waals surface area contributed by atoms with Crippen LogP contribution in [0.15, 0.2) is 78.9 Å². The average molecular weight is 417 g/mol. The molecule has 160 valence electrons. The minimum absolute atomic E-state index is 0.0801. The van der Waals surface area contributed by atoms with Crippen molar-refractivity contribution in [3.63, 3.8) is 0 Å². The Morgan fingerprint density at radius 1 is 0.871 bits per heavy atom. The third-order valence-corrected chi connectivity index (χ3v) is 5.10. The van der Waals surface area contributed by atoms with Crippen molar-refractivity contribution in [2.75, 3.05) is 12.4 Å². The fourth-order valence-electron chi connectivity index (χ4n) is 3.32. The third-order valence-electron chi connectivity index (χ3n) is 5.10. The fourth-order valence-corrected chi connectivity index (χ4v) is 3.32. The van der Waals surface area contributed by atoms with Gasteiger partial charge in [-0.1, -0.05) is 62.4 Å². The van der Waals surface area contributed by atoms with Crippen LogP contribution in [-0.4, -0.2) is 25.0 Å². The van der Waals surface area contributed by atoms with Crippen molar-refractivity contribution in [3.05, 3.63) is 95.6 Å². The van der Waals surface area contributed by atoms with Crippen LogP contribution >= 0.6 is 0 Å². The zero-order valence-corrected chi connectivity index (χ0v) is 18.1. The van der Waals surface area contributed by atoms with Crippen LogP contribution in [0.5, 0.6) is 5.75 Å². The first-order valence-electron chi connectivity index (χ1n) is 10.4. The predicted molar refractivity (Wildman–Crippen MR) is 123 cm³/mol. The molecule has 0 saturated carbocycles. The van der Waals surface area contributed by atoms with Crippen LogP contribution in [0, 0.1) is 5.92 Å². The Morgan fingerprint density at radius 3 is 2.16 bits per heavy atom. The van der Waals surface area contributed by atoms with Gasteiger partial charge in [0.25, 0.3) is 5.91 Å². The quantitative estimate of drug-likeness (QED) is 0.560. The Bertz CT molecular complexity index is 1010. The molecule has 0 heterocycles. The van der Waals surface area contributed by atoms with Gasteiger partial charge in [-0.05, 0) is 53.8 Å². The van der Waals surface area contributed by atoms with Crippen molar-refractivity contribution >= 4 is 17.5 Å². The van der Waals surface area contributed by atoms with E-state index >= 15 is 0 Å². The zero-order chi connectivity index (χ0) is 22.2. The maximum Gasteiger partial charge on any atom is 0.251 e. The van der Waals surface area contributed by atoms with Crippen molar-refractivity contribution in [2.24, 2.45) is 5.92 Å². The van der Waals surface area contributed by atoms with Gasteiger partial charge in [-0.15, -0.1) is 0 Å². The second-order valence-electron chi connectivity index (χ2n) is 7.73. The van der Waals surface area contributed by atoms with E-state index < -0.39 is 6.04 Å². The lowest BCUT2D eigenvalue weighted by molar-refractivity contribution is -0.118. The highest BCUT2D eigenvalue weighted by Gasteiger charge is 2.25. The Labute approximate surface area is 183 Å². The van der Waals surface area contributed by atoms with E-state index in [2.05, 4.69) is 22.8 Å². The number of para-hydroxylation sites is 1. The number of hydrogen-bond acceptors (Lipinski definition) is 3. The zero-order valence-electron chi connectivity index (χ0n) is 18.1. The van der Waals surface area contributed by atoms with Gasteiger partial charge in [-0.25, -0.2) is 0 Å². The van der Waals surface area contributed by atoms with Crippen LogP contribution in [0.25, 0.3) is 0 Å². The van der Waals surface area contributed by atoms with Gasteiger partial charge < -0.3 is 15.4 Å². The molecule has 0 fully saturated rings. The molecule has 3 aromatic carbocycles. The summed E-state index contributed by atoms with van der Waals surface area (Å²) in [6, 6.07) is 24.0. The monoisotopic (exact) mass is 416 g/mol. The SMILES string of the molecule is COc1ccc(C(=O)N[C@@H](C(=O)Nc2ccccc2Cc2ccccc2)C(C)C)cc1. The summed E-state index contributed by atoms with van der Waals surface area (Å²) in [7, 11) is 1.57. The van der Waals surface area contributed by atoms with Crippen LogP contribution in [0.2, 0.25) is 0 Å². The molecule has 0 aliphatic heterocycles. The molecule has 0 aromatic heterocycles. The number of amides is 2. The lowest BCUT2D eigenvalue weighted by Gasteiger charge is -2.22. The predicted octanol–water partition coefficient (Wildman–Crippen LogP) is 4.68. The lowest BCUT2D eigenvalue weighted by Crippen LogP contribution is -2.47. The summed E-state index contributed by atoms with van der Waals surface area (Å²) in [5.41, 5.74) is 3.41. The number of ether oxygens (including phenoxy) is 1. The van der Waals surface area contributed by atoms with Crippen LogP contribution in [-0.2, 0) is 11.2 Å². The van der Waals surface area contributed by atoms with Crippen LogP contribution in [0.1, 0.15) is 35.3 Å². The van der Waals surface area contributed by atoms with E-state index in [1.807, 2.05) is 56.3 Å². The van der Waals surface area contributed by atoms with Gasteiger partial charge in [-0.3, -0.25) is 9.59 Å². The van der Waals surface area contributed by atoms with Crippen molar-refractivity contribution in [1.29, 1.82) is 0 Å². The van der Waals surface area contributed by atoms with Crippen molar-refractivity contribution in [3.8, 4) is 5.75 Å². The van der Waals surface area contributed by atoms with Gasteiger partial charge in [0.15, 0.2) is 0 Å². The Balaban J connectivity index is 1.73. The Morgan fingerprint density at radius 2 is 1.52 bits per heavy atom. The molecule has 1 atom stereocenters. The molecule has 2 amide bonds. The number of benzene rings is 3. The average Bonchev–Trinajstić information content (AvgIpc) is 2.79. The van der Waals surface area contributed by atoms with E-state index in [0.29, 0.717) is 17.7 Å². The van der Waals surface area contributed by atoms with Crippen molar-refractivity contribution < 1.29 is 14.3 Å². The second-order valence-corrected chi connectivity index (χ2v) is 7.73. The number of carbonyl (C=O) groups excluding carboxylic acids is 2. The van der Waals surface area contributed by atoms with Gasteiger partial charge in [0.2, 0.25) is 5.91 Å². The molecule has 0 aliphatic rings. The summed E-state index contributed by atoms with van der Waals surface area (Å²) in [6.45, 7) is 3.82. The summed E-state index contributed by atoms with van der Waals surface area (Å²) < 4.78 is 5.13. The number of carbonyl (C=O) groups is 2. The summed E-state index contributed by atoms with van der Waals surface area (Å²) in [4.78, 5) is 25.8. The minimum atomic E-state index is -0.667. The lowest BCUT2D eigenvalue weighted by atomic mass is 10.0. The number of hydrogen-bond donors (Lipinski definition) is 2. The van der Waals surface area contributed by atoms with E-state index in [-0.39, 0.29) is 17.7 Å². The second kappa shape index (κ2) is 10.4. The van der Waals surface area contributed by atoms with E-state index in [1.165, 1.54) is 0 Å². The molecule has 0 radical (unpaired) electrons. The minimum Gasteiger partial charge on any atom is -0.497 e. The molecule has 0 bridgehead atoms. The van der Waals surface area contributed by atoms with Crippen molar-refractivity contribution in [1.82, 2.24) is 5.32 Å². The van der Waals surface area contributed by atoms with Crippen LogP contribution in [0.4, 0.5) is 5.69 Å². The molecule has 5 nitrogen and oxygen atoms in total. The normalized spacial score (nSPS) is 11.6. The Kier molecular flexibility index (Phi) is 7.44. The molecule has 0 spiro atoms. The summed E-state index contributed by atoms with van der Waals surface area (Å²) in [5.74, 6) is 0.0552. The first-order chi connectivity index (χ1) is 15.0. The van der Waals surface area contributed by atoms with E-state index in [1.54, 1.807) is 31.4 Å². The van der Waals surface area contributed by atoms with E-state index in [9.17, 15) is 9.59 Å². The summed E-state index contributed by atoms with van der Waals surface area (Å²) in [5, 5.41) is 5.88. The first kappa shape index (κ1) is 22.1. The van der Waals surface area contributed by atoms with Gasteiger partial charge in [0, 0.05) is 11.3 Å². The van der Waals surface area contributed by atoms with E-state index in [4.69, 9.17) is 4.74 Å². The highest BCUT2D eigenvalue weighted by Crippen LogP contribution is 2.20. The number of anilines is 1. The van der Waals surface area contributed by atoms with Crippen LogP contribution in [0.3, 0.4) is 0 Å². The number of methoxy groups -OCH3 is 1. The van der Waals surface area contributed by atoms with Crippen LogP contribution < -0.4 is 15.4 Å². The smallest absolute Gasteiger partial charge is 0.251 e. The highest BCUT2D eigenvalue weighted by molar-refractivity contribution is 6.01. The van der Waals surface area contributed by atoms with Gasteiger partial charge in [0.1, 0.15) is 11.8 Å². The molecular formula is C26H28N2O3. The number of rotatable bonds is 8. The summed E-state index contributed by atoms with van der Waals surface area (Å²) >= 11 is 0. The largest absolute Gasteiger partial charge is 0.497 e. The maximum absolute atomic E-state index is 13.1. The maximum atomic E-state index is 13.1. The Hall–Kier alpha value is -3.60. The standard InChI is InChI=1S/C26H28N2O3/c1-18(2)24(28-25(29)20-13-15-22(31-3)16-14-20)26(30)27-23-12-8-7-11-21(23)17-19-9-5-4-6-10-19/h4-16,18,24H,17H2,1-3H3,(H,27,30)(H,28,29)/t24-/m1/s1. The molecule has 0 unspecified atom stereocenters. The first-order valence-corrected chi connectivity index (χ1v) is 10.4. The fraction of sp³-hybridized carbons (Fsp3) is 0.231. The van der Waals surface area contributed by atoms with Gasteiger partial charge >= 0.3 is 0 Å². The van der Waals surface area contributed by atoms with Gasteiger partial charge in [0.05, 0.1) is 7.11 Å². The molecule has 3 aromatic rings. The third kappa shape index (κ3) is 5.95. The molecule has 31 heavy (non-hydrogen) atoms. The topological polar surface area (TPSA) is 67.4 Å². The highest BCUT2D eigenvalue weighted by atomic mass is 16.5. The molecule has 3 rings (SSSR count). The van der Waals surface area contributed by atoms with E-state index in [0.717, 1.165) is 16.8 Å². The molecule has 2 N–H and O–H groups in total. The summed E-state index contributed by atoms with van der Waals surface area (Å²) in [6.07, 6.45) is 0.710. The number of nitrogens with one attached hydrogen (secondary N) is 2. The van der Waals surface area contributed by atoms with Gasteiger partial charge in [-0.2, -0.15) is 0 Å². The molecule has 0 saturated heterocycles. The molecular weight excluding hydrogens is 388 g/mol. The molecule has 0 aliphatic carbocycles. The van der Waals surface area contributed by atoms with Crippen molar-refractivity contribution in [2.45, 2.75) is 26.3 Å². The molecule has 5 heteroatoms.